The predicted octanol–water partition coefficient (Wildman–Crippen LogP) is 9.18. The number of pyridine rings is 4. The Morgan fingerprint density at radius 3 is 1.48 bits per heavy atom. The van der Waals surface area contributed by atoms with Gasteiger partial charge in [0.15, 0.2) is 0 Å². The van der Waals surface area contributed by atoms with Gasteiger partial charge in [-0.2, -0.15) is 47.4 Å². The average molecular weight is 1500 g/mol. The van der Waals surface area contributed by atoms with Gasteiger partial charge >= 0.3 is 24.3 Å². The van der Waals surface area contributed by atoms with Crippen LogP contribution in [0.3, 0.4) is 0 Å². The normalized spacial score (nSPS) is 13.7. The summed E-state index contributed by atoms with van der Waals surface area (Å²) < 4.78 is 180. The number of hydrogen-bond donors (Lipinski definition) is 4. The number of carbonyl (C=O) groups is 2. The highest BCUT2D eigenvalue weighted by Gasteiger charge is 2.49. The van der Waals surface area contributed by atoms with Gasteiger partial charge in [-0.05, 0) is 114 Å². The van der Waals surface area contributed by atoms with Gasteiger partial charge in [-0.1, -0.05) is 71.2 Å². The number of carbonyl (C=O) groups excluding carboxylic acids is 2. The molecule has 38 heteroatoms. The fourth-order valence-corrected chi connectivity index (χ4v) is 14.8. The van der Waals surface area contributed by atoms with E-state index >= 15 is 0 Å². The number of halogens is 10. The number of thiol groups is 1. The van der Waals surface area contributed by atoms with Crippen molar-refractivity contribution in [3.05, 3.63) is 165 Å². The summed E-state index contributed by atoms with van der Waals surface area (Å²) in [6, 6.07) is 27.9. The highest BCUT2D eigenvalue weighted by Crippen LogP contribution is 2.35. The van der Waals surface area contributed by atoms with Crippen molar-refractivity contribution in [3.63, 3.8) is 0 Å². The fraction of sp³-hybridized carbons (Fsp3) is 0.0698. The monoisotopic (exact) mass is 1500 g/mol. The number of fused-ring (bicyclic) bond motifs is 1. The second kappa shape index (κ2) is 30.8. The smallest absolute Gasteiger partial charge is 0.380 e. The summed E-state index contributed by atoms with van der Waals surface area (Å²) in [7, 11) is -17.4. The lowest BCUT2D eigenvalue weighted by atomic mass is 10.4. The molecule has 81 heavy (non-hydrogen) atoms. The van der Waals surface area contributed by atoms with E-state index in [1.54, 1.807) is 48.9 Å². The van der Waals surface area contributed by atoms with Crippen LogP contribution in [0.1, 0.15) is 0 Å². The summed E-state index contributed by atoms with van der Waals surface area (Å²) >= 11 is 20.3. The van der Waals surface area contributed by atoms with Crippen molar-refractivity contribution in [2.75, 3.05) is 6.26 Å². The van der Waals surface area contributed by atoms with Crippen molar-refractivity contribution in [2.45, 2.75) is 61.3 Å². The highest BCUT2D eigenvalue weighted by molar-refractivity contribution is 9.11. The first kappa shape index (κ1) is 70.7. The molecule has 0 radical (unpaired) electrons. The van der Waals surface area contributed by atoms with Crippen molar-refractivity contribution in [3.8, 4) is 0 Å². The zero-order valence-corrected chi connectivity index (χ0v) is 51.9. The third-order valence-electron chi connectivity index (χ3n) is 8.51. The maximum absolute atomic E-state index is 12.4. The minimum absolute atomic E-state index is 0.0397. The first-order valence-corrected chi connectivity index (χ1v) is 33.3. The average Bonchev–Trinajstić information content (AvgIpc) is 3.67. The summed E-state index contributed by atoms with van der Waals surface area (Å²) in [6.07, 6.45) is 1.17. The molecule has 3 aromatic carbocycles. The Balaban J connectivity index is 0.000000267. The minimum atomic E-state index is -5.62. The number of benzene rings is 3. The van der Waals surface area contributed by atoms with Gasteiger partial charge in [0.1, 0.15) is 19.6 Å². The van der Waals surface area contributed by atoms with Gasteiger partial charge in [0, 0.05) is 87.5 Å². The maximum atomic E-state index is 12.4. The lowest BCUT2D eigenvalue weighted by Crippen LogP contribution is -2.34. The number of primary sulfonamides is 3. The van der Waals surface area contributed by atoms with Gasteiger partial charge in [0.25, 0.3) is 10.0 Å². The molecule has 20 nitrogen and oxygen atoms in total. The molecule has 1 aliphatic rings. The number of sulfonamides is 4. The highest BCUT2D eigenvalue weighted by atomic mass is 79.9. The van der Waals surface area contributed by atoms with E-state index in [1.807, 2.05) is 48.5 Å². The molecule has 0 amide bonds. The Bertz CT molecular complexity index is 3860. The van der Waals surface area contributed by atoms with Gasteiger partial charge in [0.05, 0.1) is 20.7 Å². The molecule has 5 heterocycles. The molecule has 6 N–H and O–H groups in total. The Kier molecular flexibility index (Phi) is 26.9. The van der Waals surface area contributed by atoms with Gasteiger partial charge < -0.3 is 4.74 Å². The Hall–Kier alpha value is -4.61. The zero-order chi connectivity index (χ0) is 61.3. The quantitative estimate of drug-likeness (QED) is 0.0476. The number of alkyl halides is 6. The molecular formula is C43H34Br3ClF6N8O12S8. The molecular weight excluding hydrogens is 1470 g/mol. The molecule has 0 fully saturated rings. The van der Waals surface area contributed by atoms with E-state index in [1.165, 1.54) is 54.9 Å². The van der Waals surface area contributed by atoms with E-state index in [4.69, 9.17) is 27.0 Å². The maximum Gasteiger partial charge on any atom is 0.491 e. The first-order valence-electron chi connectivity index (χ1n) is 20.4. The lowest BCUT2D eigenvalue weighted by molar-refractivity contribution is -0.221. The van der Waals surface area contributed by atoms with Crippen LogP contribution in [0.4, 0.5) is 26.3 Å². The van der Waals surface area contributed by atoms with Crippen LogP contribution in [0.5, 0.6) is 0 Å². The van der Waals surface area contributed by atoms with Gasteiger partial charge in [0.2, 0.25) is 30.1 Å². The molecule has 2 unspecified atom stereocenters. The van der Waals surface area contributed by atoms with Gasteiger partial charge in [-0.25, -0.2) is 54.5 Å². The zero-order valence-electron chi connectivity index (χ0n) is 39.8. The van der Waals surface area contributed by atoms with E-state index in [-0.39, 0.29) is 29.5 Å². The number of aromatic nitrogens is 4. The minimum Gasteiger partial charge on any atom is -0.380 e. The van der Waals surface area contributed by atoms with Gasteiger partial charge in [-0.3, -0.25) is 19.9 Å². The van der Waals surface area contributed by atoms with Crippen molar-refractivity contribution in [1.82, 2.24) is 19.9 Å². The van der Waals surface area contributed by atoms with Crippen molar-refractivity contribution >= 4 is 157 Å². The molecule has 0 spiro atoms. The summed E-state index contributed by atoms with van der Waals surface area (Å²) in [6.45, 7) is 0. The molecule has 0 bridgehead atoms. The Morgan fingerprint density at radius 2 is 1.02 bits per heavy atom. The van der Waals surface area contributed by atoms with Crippen molar-refractivity contribution in [2.24, 2.45) is 19.2 Å². The summed E-state index contributed by atoms with van der Waals surface area (Å²) in [4.78, 5) is 37.8. The molecule has 0 aliphatic carbocycles. The summed E-state index contributed by atoms with van der Waals surface area (Å²) in [5.74, 6) is -6.40. The first-order chi connectivity index (χ1) is 37.5. The second-order valence-corrected chi connectivity index (χ2v) is 27.9. The summed E-state index contributed by atoms with van der Waals surface area (Å²) in [5, 5.41) is 15.1. The largest absolute Gasteiger partial charge is 0.491 e. The predicted molar refractivity (Wildman–Crippen MR) is 299 cm³/mol. The van der Waals surface area contributed by atoms with E-state index in [0.29, 0.717) is 14.7 Å². The molecule has 8 rings (SSSR count). The number of nitrogens with zero attached hydrogens (tertiary/aromatic N) is 5. The number of ether oxygens (including phenoxy) is 1. The SMILES string of the molecule is CS.NS(=O)(=O)c1cnccc1Cl.NS(=O)(=O)c1cnccc1S(=O)c1ccc(Br)cc1.NS(=O)(=O)c1cnccc1Sc1ccc(Br)cc1.O=C(OC(=O)C(F)(F)F)C(F)(F)F.O=S1(=O)N=S(c2ccc(Br)cc2)c2ccncc21. The molecule has 0 saturated heterocycles. The third-order valence-corrected chi connectivity index (χ3v) is 20.0. The summed E-state index contributed by atoms with van der Waals surface area (Å²) in [5.41, 5.74) is 0. The standard InChI is InChI=1S/C11H9BrN2O3S2.C11H7BrN2O2S2.C11H9BrN2O2S2.C5H5ClN2O2S.C4F6O3.CH4S/c12-8-1-3-9(4-2-8)18(15)10-5-6-14-7-11(10)19(13,16)17;12-8-1-3-9(4-2-8)17-10-5-6-13-7-11(10)18(15,16)14-17;12-8-1-3-9(4-2-8)17-10-5-6-14-7-11(10)18(13,15)16;6-4-1-2-8-3-5(4)11(7,9)10;5-3(6,7)1(11)13-2(12)4(8,9)10;1-2/h1-7H,(H2,13,16,17);1-7H;1-7H,(H2,13,15,16);1-3H,(H2,7,9,10);;2H,1H3. The molecule has 4 aromatic heterocycles. The molecule has 2 atom stereocenters. The van der Waals surface area contributed by atoms with Crippen molar-refractivity contribution < 1.29 is 78.5 Å². The van der Waals surface area contributed by atoms with Crippen LogP contribution in [0.25, 0.3) is 0 Å². The Labute approximate surface area is 503 Å². The van der Waals surface area contributed by atoms with E-state index in [2.05, 4.69) is 88.9 Å². The molecule has 7 aromatic rings. The van der Waals surface area contributed by atoms with Gasteiger partial charge in [-0.15, -0.1) is 3.77 Å². The molecule has 1 aliphatic heterocycles. The number of esters is 2. The van der Waals surface area contributed by atoms with E-state index < -0.39 is 85.9 Å². The van der Waals surface area contributed by atoms with Crippen LogP contribution in [0, 0.1) is 0 Å². The second-order valence-electron chi connectivity index (χ2n) is 14.1. The van der Waals surface area contributed by atoms with E-state index in [0.717, 1.165) is 35.6 Å². The van der Waals surface area contributed by atoms with E-state index in [9.17, 15) is 73.8 Å². The lowest BCUT2D eigenvalue weighted by Gasteiger charge is -2.07. The van der Waals surface area contributed by atoms with Crippen LogP contribution in [-0.4, -0.2) is 88.4 Å². The van der Waals surface area contributed by atoms with Crippen LogP contribution in [0.2, 0.25) is 5.02 Å². The molecule has 0 saturated carbocycles. The van der Waals surface area contributed by atoms with Crippen LogP contribution in [-0.2, 0) is 75.9 Å². The number of hydrogen-bond acceptors (Lipinski definition) is 18. The van der Waals surface area contributed by atoms with Crippen molar-refractivity contribution in [1.29, 1.82) is 0 Å². The fourth-order valence-electron chi connectivity index (χ4n) is 5.12. The van der Waals surface area contributed by atoms with Crippen LogP contribution in [0.15, 0.2) is 213 Å². The topological polar surface area (TPSA) is 339 Å². The third kappa shape index (κ3) is 22.5. The van der Waals surface area contributed by atoms with Crippen LogP contribution < -0.4 is 15.4 Å². The Morgan fingerprint density at radius 1 is 0.617 bits per heavy atom. The number of nitrogens with two attached hydrogens (primary N) is 3. The molecule has 436 valence electrons. The van der Waals surface area contributed by atoms with Crippen LogP contribution >= 0.6 is 83.8 Å². The number of rotatable bonds is 8.